The van der Waals surface area contributed by atoms with Gasteiger partial charge in [-0.05, 0) is 31.2 Å². The van der Waals surface area contributed by atoms with Gasteiger partial charge in [-0.3, -0.25) is 4.79 Å². The number of para-hydroxylation sites is 2. The maximum atomic E-state index is 11.9. The van der Waals surface area contributed by atoms with Crippen molar-refractivity contribution < 1.29 is 14.3 Å². The summed E-state index contributed by atoms with van der Waals surface area (Å²) in [5, 5.41) is 5.18. The third kappa shape index (κ3) is 4.65. The fourth-order valence-corrected chi connectivity index (χ4v) is 1.64. The van der Waals surface area contributed by atoms with Gasteiger partial charge in [0, 0.05) is 5.69 Å². The molecule has 2 amide bonds. The Morgan fingerprint density at radius 1 is 0.952 bits per heavy atom. The molecule has 0 aliphatic carbocycles. The summed E-state index contributed by atoms with van der Waals surface area (Å²) in [7, 11) is 0. The first kappa shape index (κ1) is 14.6. The first-order valence-corrected chi connectivity index (χ1v) is 6.54. The number of carbonyl (C=O) groups is 2. The highest BCUT2D eigenvalue weighted by Crippen LogP contribution is 2.09. The predicted molar refractivity (Wildman–Crippen MR) is 80.1 cm³/mol. The van der Waals surface area contributed by atoms with Crippen molar-refractivity contribution in [1.29, 1.82) is 0 Å². The van der Waals surface area contributed by atoms with Crippen molar-refractivity contribution >= 4 is 17.7 Å². The van der Waals surface area contributed by atoms with Gasteiger partial charge in [-0.1, -0.05) is 36.4 Å². The van der Waals surface area contributed by atoms with Crippen LogP contribution in [0.5, 0.6) is 5.75 Å². The minimum Gasteiger partial charge on any atom is -0.410 e. The number of ether oxygens (including phenoxy) is 1. The minimum absolute atomic E-state index is 0.314. The summed E-state index contributed by atoms with van der Waals surface area (Å²) >= 11 is 0. The van der Waals surface area contributed by atoms with Crippen molar-refractivity contribution in [1.82, 2.24) is 5.32 Å². The maximum Gasteiger partial charge on any atom is 0.413 e. The summed E-state index contributed by atoms with van der Waals surface area (Å²) in [5.74, 6) is 0.108. The molecule has 2 aromatic carbocycles. The van der Waals surface area contributed by atoms with Crippen LogP contribution in [0.2, 0.25) is 0 Å². The van der Waals surface area contributed by atoms with Crippen molar-refractivity contribution in [3.8, 4) is 5.75 Å². The predicted octanol–water partition coefficient (Wildman–Crippen LogP) is 2.80. The zero-order valence-corrected chi connectivity index (χ0v) is 11.6. The summed E-state index contributed by atoms with van der Waals surface area (Å²) in [6, 6.07) is 17.0. The van der Waals surface area contributed by atoms with Crippen LogP contribution in [0.25, 0.3) is 0 Å². The molecule has 21 heavy (non-hydrogen) atoms. The van der Waals surface area contributed by atoms with E-state index in [1.165, 1.54) is 0 Å². The van der Waals surface area contributed by atoms with Crippen LogP contribution in [-0.4, -0.2) is 18.0 Å². The van der Waals surface area contributed by atoms with E-state index < -0.39 is 12.1 Å². The Hall–Kier alpha value is -2.82. The van der Waals surface area contributed by atoms with Gasteiger partial charge in [0.25, 0.3) is 0 Å². The molecule has 5 nitrogen and oxygen atoms in total. The average Bonchev–Trinajstić information content (AvgIpc) is 2.49. The molecule has 0 radical (unpaired) electrons. The Kier molecular flexibility index (Phi) is 4.93. The van der Waals surface area contributed by atoms with Crippen LogP contribution in [0.1, 0.15) is 6.92 Å². The van der Waals surface area contributed by atoms with E-state index in [1.54, 1.807) is 43.3 Å². The zero-order chi connectivity index (χ0) is 15.1. The molecule has 0 aliphatic heterocycles. The Morgan fingerprint density at radius 3 is 2.14 bits per heavy atom. The molecule has 2 aromatic rings. The van der Waals surface area contributed by atoms with Gasteiger partial charge in [0.2, 0.25) is 5.91 Å². The molecule has 5 heteroatoms. The van der Waals surface area contributed by atoms with Gasteiger partial charge in [-0.2, -0.15) is 0 Å². The molecule has 0 unspecified atom stereocenters. The van der Waals surface area contributed by atoms with Crippen molar-refractivity contribution in [2.24, 2.45) is 0 Å². The highest BCUT2D eigenvalue weighted by molar-refractivity contribution is 5.96. The van der Waals surface area contributed by atoms with E-state index >= 15 is 0 Å². The molecule has 0 bridgehead atoms. The molecule has 0 aromatic heterocycles. The molecule has 0 saturated carbocycles. The second kappa shape index (κ2) is 7.09. The van der Waals surface area contributed by atoms with Crippen LogP contribution < -0.4 is 15.4 Å². The van der Waals surface area contributed by atoms with Crippen molar-refractivity contribution in [2.45, 2.75) is 13.0 Å². The van der Waals surface area contributed by atoms with E-state index in [1.807, 2.05) is 24.3 Å². The van der Waals surface area contributed by atoms with E-state index in [4.69, 9.17) is 4.74 Å². The van der Waals surface area contributed by atoms with Crippen molar-refractivity contribution in [3.05, 3.63) is 60.7 Å². The Bertz CT molecular complexity index is 599. The van der Waals surface area contributed by atoms with Crippen LogP contribution in [0, 0.1) is 0 Å². The van der Waals surface area contributed by atoms with Crippen LogP contribution in [0.3, 0.4) is 0 Å². The number of carbonyl (C=O) groups excluding carboxylic acids is 2. The minimum atomic E-state index is -0.707. The molecule has 1 atom stereocenters. The molecular weight excluding hydrogens is 268 g/mol. The first-order valence-electron chi connectivity index (χ1n) is 6.54. The lowest BCUT2D eigenvalue weighted by Crippen LogP contribution is -2.42. The molecule has 108 valence electrons. The topological polar surface area (TPSA) is 67.4 Å². The summed E-state index contributed by atoms with van der Waals surface area (Å²) < 4.78 is 5.06. The molecule has 2 rings (SSSR count). The highest BCUT2D eigenvalue weighted by atomic mass is 16.6. The quantitative estimate of drug-likeness (QED) is 0.907. The number of hydrogen-bond acceptors (Lipinski definition) is 3. The summed E-state index contributed by atoms with van der Waals surface area (Å²) in [4.78, 5) is 23.6. The second-order valence-corrected chi connectivity index (χ2v) is 4.42. The third-order valence-corrected chi connectivity index (χ3v) is 2.72. The molecule has 0 fully saturated rings. The Morgan fingerprint density at radius 2 is 1.52 bits per heavy atom. The first-order chi connectivity index (χ1) is 10.1. The van der Waals surface area contributed by atoms with Crippen LogP contribution in [-0.2, 0) is 4.79 Å². The maximum absolute atomic E-state index is 11.9. The van der Waals surface area contributed by atoms with E-state index in [0.717, 1.165) is 0 Å². The van der Waals surface area contributed by atoms with E-state index in [0.29, 0.717) is 11.4 Å². The number of nitrogens with one attached hydrogen (secondary N) is 2. The van der Waals surface area contributed by atoms with Crippen LogP contribution >= 0.6 is 0 Å². The normalized spacial score (nSPS) is 11.3. The molecule has 0 saturated heterocycles. The summed E-state index contributed by atoms with van der Waals surface area (Å²) in [6.07, 6.45) is -0.670. The standard InChI is InChI=1S/C16H16N2O3/c1-12(15(19)18-13-8-4-2-5-9-13)17-16(20)21-14-10-6-3-7-11-14/h2-12H,1H3,(H,17,20)(H,18,19)/t12-/m1/s1. The number of benzene rings is 2. The van der Waals surface area contributed by atoms with Crippen LogP contribution in [0.4, 0.5) is 10.5 Å². The third-order valence-electron chi connectivity index (χ3n) is 2.72. The van der Waals surface area contributed by atoms with Gasteiger partial charge in [0.1, 0.15) is 11.8 Å². The molecule has 2 N–H and O–H groups in total. The average molecular weight is 284 g/mol. The van der Waals surface area contributed by atoms with Gasteiger partial charge in [-0.25, -0.2) is 4.79 Å². The molecular formula is C16H16N2O3. The van der Waals surface area contributed by atoms with E-state index in [-0.39, 0.29) is 5.91 Å². The van der Waals surface area contributed by atoms with Crippen molar-refractivity contribution in [3.63, 3.8) is 0 Å². The van der Waals surface area contributed by atoms with Gasteiger partial charge in [0.15, 0.2) is 0 Å². The van der Waals surface area contributed by atoms with Gasteiger partial charge < -0.3 is 15.4 Å². The number of anilines is 1. The van der Waals surface area contributed by atoms with Gasteiger partial charge in [0.05, 0.1) is 0 Å². The summed E-state index contributed by atoms with van der Waals surface area (Å²) in [5.41, 5.74) is 0.674. The highest BCUT2D eigenvalue weighted by Gasteiger charge is 2.16. The zero-order valence-electron chi connectivity index (χ0n) is 11.6. The Labute approximate surface area is 122 Å². The van der Waals surface area contributed by atoms with Crippen molar-refractivity contribution in [2.75, 3.05) is 5.32 Å². The number of rotatable bonds is 4. The number of hydrogen-bond donors (Lipinski definition) is 2. The smallest absolute Gasteiger partial charge is 0.410 e. The fourth-order valence-electron chi connectivity index (χ4n) is 1.64. The number of amides is 2. The Balaban J connectivity index is 1.84. The molecule has 0 spiro atoms. The van der Waals surface area contributed by atoms with Crippen LogP contribution in [0.15, 0.2) is 60.7 Å². The van der Waals surface area contributed by atoms with Gasteiger partial charge >= 0.3 is 6.09 Å². The van der Waals surface area contributed by atoms with Gasteiger partial charge in [-0.15, -0.1) is 0 Å². The SMILES string of the molecule is C[C@@H](NC(=O)Oc1ccccc1)C(=O)Nc1ccccc1. The molecule has 0 aliphatic rings. The fraction of sp³-hybridized carbons (Fsp3) is 0.125. The lowest BCUT2D eigenvalue weighted by molar-refractivity contribution is -0.117. The van der Waals surface area contributed by atoms with E-state index in [9.17, 15) is 9.59 Å². The molecule has 0 heterocycles. The summed E-state index contributed by atoms with van der Waals surface area (Å²) in [6.45, 7) is 1.59. The largest absolute Gasteiger partial charge is 0.413 e. The van der Waals surface area contributed by atoms with E-state index in [2.05, 4.69) is 10.6 Å². The monoisotopic (exact) mass is 284 g/mol. The lowest BCUT2D eigenvalue weighted by Gasteiger charge is -2.14. The second-order valence-electron chi connectivity index (χ2n) is 4.42. The lowest BCUT2D eigenvalue weighted by atomic mass is 10.3.